The number of carbonyl (C=O) groups excluding carboxylic acids is 1. The summed E-state index contributed by atoms with van der Waals surface area (Å²) in [5, 5.41) is 53.4. The van der Waals surface area contributed by atoms with Gasteiger partial charge in [0.25, 0.3) is 0 Å². The zero-order chi connectivity index (χ0) is 10.6. The summed E-state index contributed by atoms with van der Waals surface area (Å²) in [6, 6.07) is 0. The number of carboxylic acids is 1. The molecule has 0 aromatic heterocycles. The summed E-state index contributed by atoms with van der Waals surface area (Å²) in [5.74, 6) is -1.98. The fourth-order valence-corrected chi connectivity index (χ4v) is 0.662. The lowest BCUT2D eigenvalue weighted by Gasteiger charge is -2.25. The maximum Gasteiger partial charge on any atom is 0.122 e. The molecular weight excluding hydrogens is 208 g/mol. The molecule has 15 heavy (non-hydrogen) atoms. The van der Waals surface area contributed by atoms with Gasteiger partial charge in [-0.05, 0) is 0 Å². The highest BCUT2D eigenvalue weighted by Gasteiger charge is 2.30. The van der Waals surface area contributed by atoms with E-state index >= 15 is 0 Å². The Balaban J connectivity index is -0.000000720. The van der Waals surface area contributed by atoms with Gasteiger partial charge in [0.05, 0.1) is 12.6 Å². The van der Waals surface area contributed by atoms with Gasteiger partial charge >= 0.3 is 0 Å². The molecule has 0 unspecified atom stereocenters. The van der Waals surface area contributed by atoms with Gasteiger partial charge in [-0.25, -0.2) is 0 Å². The highest BCUT2D eigenvalue weighted by molar-refractivity contribution is 5.70. The Morgan fingerprint density at radius 2 is 1.47 bits per heavy atom. The predicted molar refractivity (Wildman–Crippen MR) is 49.6 cm³/mol. The van der Waals surface area contributed by atoms with Crippen molar-refractivity contribution < 1.29 is 35.4 Å². The number of carbonyl (C=O) groups is 1. The summed E-state index contributed by atoms with van der Waals surface area (Å²) in [4.78, 5) is 9.98. The first-order chi connectivity index (χ1) is 5.91. The van der Waals surface area contributed by atoms with E-state index in [2.05, 4.69) is 0 Å². The van der Waals surface area contributed by atoms with Crippen LogP contribution in [0.3, 0.4) is 0 Å². The fourth-order valence-electron chi connectivity index (χ4n) is 0.662. The van der Waals surface area contributed by atoms with Crippen LogP contribution in [0.1, 0.15) is 14.9 Å². The molecule has 0 aliphatic carbocycles. The number of rotatable bonds is 5. The third-order valence-electron chi connectivity index (χ3n) is 1.50. The van der Waals surface area contributed by atoms with Gasteiger partial charge in [0.1, 0.15) is 24.4 Å². The molecule has 94 valence electrons. The van der Waals surface area contributed by atoms with Crippen LogP contribution in [0.2, 0.25) is 0 Å². The van der Waals surface area contributed by atoms with Gasteiger partial charge in [0, 0.05) is 0 Å². The number of aliphatic hydroxyl groups is 5. The van der Waals surface area contributed by atoms with Crippen molar-refractivity contribution in [2.45, 2.75) is 39.3 Å². The van der Waals surface area contributed by atoms with E-state index < -0.39 is 37.0 Å². The Labute approximate surface area is 88.2 Å². The Bertz CT molecular complexity index is 172. The average Bonchev–Trinajstić information content (AvgIpc) is 2.12. The lowest BCUT2D eigenvalue weighted by atomic mass is 10.0. The number of hydrogen-bond donors (Lipinski definition) is 5. The Morgan fingerprint density at radius 1 is 1.07 bits per heavy atom. The molecule has 0 aromatic rings. The van der Waals surface area contributed by atoms with Crippen LogP contribution in [0.15, 0.2) is 0 Å². The quantitative estimate of drug-likeness (QED) is 0.327. The molecule has 0 rings (SSSR count). The van der Waals surface area contributed by atoms with E-state index in [-0.39, 0.29) is 14.9 Å². The summed E-state index contributed by atoms with van der Waals surface area (Å²) in [7, 11) is 0. The van der Waals surface area contributed by atoms with E-state index in [0.29, 0.717) is 0 Å². The second kappa shape index (κ2) is 8.57. The number of aliphatic hydroxyl groups excluding tert-OH is 5. The van der Waals surface area contributed by atoms with Gasteiger partial charge in [-0.1, -0.05) is 14.9 Å². The second-order valence-electron chi connectivity index (χ2n) is 2.49. The van der Waals surface area contributed by atoms with E-state index in [1.54, 1.807) is 0 Å². The Hall–Kier alpha value is -0.730. The molecule has 0 radical (unpaired) electrons. The molecule has 0 heterocycles. The molecule has 4 atom stereocenters. The first kappa shape index (κ1) is 19.8. The number of aliphatic carboxylic acids is 1. The van der Waals surface area contributed by atoms with E-state index in [4.69, 9.17) is 25.5 Å². The van der Waals surface area contributed by atoms with Gasteiger partial charge in [0.15, 0.2) is 0 Å². The largest absolute Gasteiger partial charge is 0.547 e. The van der Waals surface area contributed by atoms with Gasteiger partial charge < -0.3 is 35.4 Å². The minimum atomic E-state index is -2.31. The number of hydrogen-bond acceptors (Lipinski definition) is 7. The van der Waals surface area contributed by atoms with Crippen molar-refractivity contribution in [3.05, 3.63) is 0 Å². The SMILES string of the molecule is C.C.O=C([O-])[C@H](O)[C@@H](O)[C@H](O)[C@H](O)CO. The number of carboxylic acid groups (broad SMARTS) is 1. The second-order valence-corrected chi connectivity index (χ2v) is 2.49. The Kier molecular flexibility index (Phi) is 11.3. The van der Waals surface area contributed by atoms with Crippen molar-refractivity contribution >= 4 is 5.97 Å². The third kappa shape index (κ3) is 5.65. The topological polar surface area (TPSA) is 141 Å². The van der Waals surface area contributed by atoms with Gasteiger partial charge in [-0.2, -0.15) is 0 Å². The maximum atomic E-state index is 9.98. The fraction of sp³-hybridized carbons (Fsp3) is 0.875. The van der Waals surface area contributed by atoms with Crippen LogP contribution in [0, 0.1) is 0 Å². The zero-order valence-electron chi connectivity index (χ0n) is 6.57. The Morgan fingerprint density at radius 3 is 1.73 bits per heavy atom. The molecule has 7 heteroatoms. The summed E-state index contributed by atoms with van der Waals surface area (Å²) in [6.07, 6.45) is -8.08. The minimum Gasteiger partial charge on any atom is -0.547 e. The van der Waals surface area contributed by atoms with E-state index in [1.807, 2.05) is 0 Å². The summed E-state index contributed by atoms with van der Waals surface area (Å²) in [5.41, 5.74) is 0. The van der Waals surface area contributed by atoms with E-state index in [9.17, 15) is 9.90 Å². The zero-order valence-corrected chi connectivity index (χ0v) is 6.57. The van der Waals surface area contributed by atoms with Crippen LogP contribution in [0.4, 0.5) is 0 Å². The smallest absolute Gasteiger partial charge is 0.122 e. The van der Waals surface area contributed by atoms with Crippen molar-refractivity contribution in [3.63, 3.8) is 0 Å². The predicted octanol–water partition coefficient (Wildman–Crippen LogP) is -3.56. The molecule has 7 nitrogen and oxygen atoms in total. The van der Waals surface area contributed by atoms with Gasteiger partial charge in [0.2, 0.25) is 0 Å². The van der Waals surface area contributed by atoms with Crippen LogP contribution in [-0.4, -0.2) is 62.5 Å². The maximum absolute atomic E-state index is 9.98. The van der Waals surface area contributed by atoms with Crippen LogP contribution in [0.25, 0.3) is 0 Å². The lowest BCUT2D eigenvalue weighted by molar-refractivity contribution is -0.320. The summed E-state index contributed by atoms with van der Waals surface area (Å²) in [6.45, 7) is -0.863. The molecule has 0 saturated carbocycles. The van der Waals surface area contributed by atoms with Crippen LogP contribution in [-0.2, 0) is 4.79 Å². The average molecular weight is 227 g/mol. The molecular formula is C8H19O7-. The van der Waals surface area contributed by atoms with Crippen molar-refractivity contribution in [2.24, 2.45) is 0 Å². The van der Waals surface area contributed by atoms with Gasteiger partial charge in [-0.15, -0.1) is 0 Å². The molecule has 0 spiro atoms. The highest BCUT2D eigenvalue weighted by Crippen LogP contribution is 2.04. The van der Waals surface area contributed by atoms with Gasteiger partial charge in [-0.3, -0.25) is 0 Å². The molecule has 0 bridgehead atoms. The minimum absolute atomic E-state index is 0. The van der Waals surface area contributed by atoms with Crippen molar-refractivity contribution in [3.8, 4) is 0 Å². The molecule has 0 aliphatic rings. The molecule has 0 aliphatic heterocycles. The highest BCUT2D eigenvalue weighted by atomic mass is 16.4. The molecule has 0 saturated heterocycles. The van der Waals surface area contributed by atoms with Crippen LogP contribution < -0.4 is 5.11 Å². The normalized spacial score (nSPS) is 17.7. The van der Waals surface area contributed by atoms with Crippen molar-refractivity contribution in [1.29, 1.82) is 0 Å². The lowest BCUT2D eigenvalue weighted by Crippen LogP contribution is -2.52. The summed E-state index contributed by atoms with van der Waals surface area (Å²) < 4.78 is 0. The first-order valence-electron chi connectivity index (χ1n) is 3.45. The van der Waals surface area contributed by atoms with E-state index in [1.165, 1.54) is 0 Å². The third-order valence-corrected chi connectivity index (χ3v) is 1.50. The summed E-state index contributed by atoms with van der Waals surface area (Å²) >= 11 is 0. The van der Waals surface area contributed by atoms with Crippen LogP contribution in [0.5, 0.6) is 0 Å². The van der Waals surface area contributed by atoms with Crippen molar-refractivity contribution in [2.75, 3.05) is 6.61 Å². The molecule has 5 N–H and O–H groups in total. The molecule has 0 aromatic carbocycles. The first-order valence-corrected chi connectivity index (χ1v) is 3.45. The molecule has 0 fully saturated rings. The van der Waals surface area contributed by atoms with E-state index in [0.717, 1.165) is 0 Å². The standard InChI is InChI=1S/C6H12O7.2CH4/c7-1-2(8)3(9)4(10)5(11)6(12)13;;/h2-5,7-11H,1H2,(H,12,13);2*1H4/p-1/t2-,3-,4+,5-;;/m1../s1. The monoisotopic (exact) mass is 227 g/mol. The van der Waals surface area contributed by atoms with Crippen molar-refractivity contribution in [1.82, 2.24) is 0 Å². The van der Waals surface area contributed by atoms with Crippen LogP contribution >= 0.6 is 0 Å². The molecule has 0 amide bonds.